The third kappa shape index (κ3) is 7.47. The first-order valence-electron chi connectivity index (χ1n) is 12.4. The second-order valence-corrected chi connectivity index (χ2v) is 10.0. The lowest BCUT2D eigenvalue weighted by Crippen LogP contribution is -2.37. The molecule has 0 amide bonds. The van der Waals surface area contributed by atoms with Crippen molar-refractivity contribution < 1.29 is 14.6 Å². The van der Waals surface area contributed by atoms with Crippen molar-refractivity contribution in [2.45, 2.75) is 58.2 Å². The molecule has 35 heavy (non-hydrogen) atoms. The number of nitrogens with zero attached hydrogens (tertiary/aromatic N) is 3. The van der Waals surface area contributed by atoms with Crippen molar-refractivity contribution in [3.63, 3.8) is 0 Å². The molecule has 7 heteroatoms. The van der Waals surface area contributed by atoms with Gasteiger partial charge in [-0.3, -0.25) is 4.90 Å². The minimum Gasteiger partial charge on any atom is -0.494 e. The zero-order valence-electron chi connectivity index (χ0n) is 20.8. The first-order valence-corrected chi connectivity index (χ1v) is 12.8. The van der Waals surface area contributed by atoms with Crippen molar-refractivity contribution in [2.75, 3.05) is 26.3 Å². The van der Waals surface area contributed by atoms with Crippen LogP contribution in [0.5, 0.6) is 11.5 Å². The molecule has 1 aromatic heterocycles. The SMILES string of the molecule is Cc1ccc(Cl)c(OC[C@]2(O)CCCN(Cc3cccc(OCCCn4ccnc4C)c3)CC2)c1. The van der Waals surface area contributed by atoms with E-state index in [0.717, 1.165) is 56.2 Å². The van der Waals surface area contributed by atoms with Crippen LogP contribution < -0.4 is 9.47 Å². The Morgan fingerprint density at radius 1 is 1.09 bits per heavy atom. The van der Waals surface area contributed by atoms with E-state index in [-0.39, 0.29) is 6.61 Å². The topological polar surface area (TPSA) is 59.8 Å². The molecule has 1 saturated heterocycles. The van der Waals surface area contributed by atoms with Gasteiger partial charge in [-0.05, 0) is 81.5 Å². The summed E-state index contributed by atoms with van der Waals surface area (Å²) >= 11 is 6.26. The summed E-state index contributed by atoms with van der Waals surface area (Å²) in [6.45, 7) is 8.45. The van der Waals surface area contributed by atoms with Crippen LogP contribution in [0.4, 0.5) is 0 Å². The summed E-state index contributed by atoms with van der Waals surface area (Å²) in [6.07, 6.45) is 7.07. The first-order chi connectivity index (χ1) is 16.9. The number of aromatic nitrogens is 2. The van der Waals surface area contributed by atoms with Crippen molar-refractivity contribution >= 4 is 11.6 Å². The summed E-state index contributed by atoms with van der Waals surface area (Å²) in [4.78, 5) is 6.66. The molecule has 188 valence electrons. The lowest BCUT2D eigenvalue weighted by Gasteiger charge is -2.27. The van der Waals surface area contributed by atoms with E-state index >= 15 is 0 Å². The van der Waals surface area contributed by atoms with Crippen LogP contribution in [0.25, 0.3) is 0 Å². The largest absolute Gasteiger partial charge is 0.494 e. The van der Waals surface area contributed by atoms with Crippen LogP contribution >= 0.6 is 11.6 Å². The second-order valence-electron chi connectivity index (χ2n) is 9.59. The van der Waals surface area contributed by atoms with Gasteiger partial charge in [-0.15, -0.1) is 0 Å². The number of likely N-dealkylation sites (tertiary alicyclic amines) is 1. The molecule has 2 heterocycles. The zero-order chi connectivity index (χ0) is 24.7. The molecule has 1 fully saturated rings. The average molecular weight is 498 g/mol. The summed E-state index contributed by atoms with van der Waals surface area (Å²) in [5.41, 5.74) is 1.46. The predicted octanol–water partition coefficient (Wildman–Crippen LogP) is 5.42. The maximum Gasteiger partial charge on any atom is 0.138 e. The van der Waals surface area contributed by atoms with Gasteiger partial charge < -0.3 is 19.1 Å². The summed E-state index contributed by atoms with van der Waals surface area (Å²) in [6, 6.07) is 14.0. The van der Waals surface area contributed by atoms with Gasteiger partial charge in [0, 0.05) is 32.0 Å². The molecule has 0 spiro atoms. The van der Waals surface area contributed by atoms with Gasteiger partial charge in [0.1, 0.15) is 23.9 Å². The Labute approximate surface area is 213 Å². The summed E-state index contributed by atoms with van der Waals surface area (Å²) < 4.78 is 14.1. The molecule has 1 aliphatic heterocycles. The Balaban J connectivity index is 1.24. The predicted molar refractivity (Wildman–Crippen MR) is 139 cm³/mol. The Morgan fingerprint density at radius 2 is 1.97 bits per heavy atom. The van der Waals surface area contributed by atoms with Crippen molar-refractivity contribution in [1.29, 1.82) is 0 Å². The lowest BCUT2D eigenvalue weighted by molar-refractivity contribution is -0.0168. The minimum absolute atomic E-state index is 0.256. The molecular weight excluding hydrogens is 462 g/mol. The van der Waals surface area contributed by atoms with Crippen LogP contribution in [0.2, 0.25) is 5.02 Å². The third-order valence-corrected chi connectivity index (χ3v) is 6.95. The highest BCUT2D eigenvalue weighted by Gasteiger charge is 2.31. The fourth-order valence-electron chi connectivity index (χ4n) is 4.53. The Hall–Kier alpha value is -2.54. The van der Waals surface area contributed by atoms with Gasteiger partial charge in [-0.25, -0.2) is 4.98 Å². The molecule has 1 atom stereocenters. The van der Waals surface area contributed by atoms with Crippen molar-refractivity contribution in [1.82, 2.24) is 14.5 Å². The second kappa shape index (κ2) is 11.9. The molecule has 0 aliphatic carbocycles. The highest BCUT2D eigenvalue weighted by atomic mass is 35.5. The Kier molecular flexibility index (Phi) is 8.71. The van der Waals surface area contributed by atoms with Gasteiger partial charge in [0.2, 0.25) is 0 Å². The number of imidazole rings is 1. The van der Waals surface area contributed by atoms with E-state index < -0.39 is 5.60 Å². The standard InChI is InChI=1S/C28H36ClN3O3/c1-22-8-9-26(29)27(18-22)35-21-28(33)10-4-13-31(15-11-28)20-24-6-3-7-25(19-24)34-17-5-14-32-16-12-30-23(32)2/h3,6-9,12,16,18-19,33H,4-5,10-11,13-15,17,20-21H2,1-2H3/t28-/m0/s1. The van der Waals surface area contributed by atoms with E-state index in [1.54, 1.807) is 0 Å². The van der Waals surface area contributed by atoms with Crippen LogP contribution in [0, 0.1) is 13.8 Å². The number of ether oxygens (including phenoxy) is 2. The Morgan fingerprint density at radius 3 is 2.80 bits per heavy atom. The van der Waals surface area contributed by atoms with Crippen LogP contribution in [-0.2, 0) is 13.1 Å². The van der Waals surface area contributed by atoms with Crippen LogP contribution in [-0.4, -0.2) is 51.5 Å². The molecule has 0 radical (unpaired) electrons. The number of halogens is 1. The van der Waals surface area contributed by atoms with E-state index in [9.17, 15) is 5.11 Å². The fraction of sp³-hybridized carbons (Fsp3) is 0.464. The average Bonchev–Trinajstić information content (AvgIpc) is 3.16. The maximum absolute atomic E-state index is 11.2. The minimum atomic E-state index is -0.847. The smallest absolute Gasteiger partial charge is 0.138 e. The van der Waals surface area contributed by atoms with Crippen LogP contribution in [0.1, 0.15) is 42.6 Å². The number of hydrogen-bond donors (Lipinski definition) is 1. The highest BCUT2D eigenvalue weighted by molar-refractivity contribution is 6.32. The summed E-state index contributed by atoms with van der Waals surface area (Å²) in [5.74, 6) is 2.57. The van der Waals surface area contributed by atoms with Gasteiger partial charge in [0.05, 0.1) is 17.2 Å². The van der Waals surface area contributed by atoms with E-state index in [2.05, 4.69) is 32.7 Å². The maximum atomic E-state index is 11.2. The fourth-order valence-corrected chi connectivity index (χ4v) is 4.70. The molecule has 1 aliphatic rings. The molecule has 0 unspecified atom stereocenters. The molecule has 0 bridgehead atoms. The molecule has 1 N–H and O–H groups in total. The third-order valence-electron chi connectivity index (χ3n) is 6.63. The van der Waals surface area contributed by atoms with E-state index in [0.29, 0.717) is 30.2 Å². The monoisotopic (exact) mass is 497 g/mol. The normalized spacial score (nSPS) is 18.9. The van der Waals surface area contributed by atoms with Crippen LogP contribution in [0.3, 0.4) is 0 Å². The van der Waals surface area contributed by atoms with Crippen molar-refractivity contribution in [2.24, 2.45) is 0 Å². The van der Waals surface area contributed by atoms with Crippen LogP contribution in [0.15, 0.2) is 54.9 Å². The van der Waals surface area contributed by atoms with E-state index in [1.807, 2.05) is 50.5 Å². The molecule has 4 rings (SSSR count). The molecule has 6 nitrogen and oxygen atoms in total. The summed E-state index contributed by atoms with van der Waals surface area (Å²) in [7, 11) is 0. The Bertz CT molecular complexity index is 1100. The van der Waals surface area contributed by atoms with Gasteiger partial charge in [0.15, 0.2) is 0 Å². The number of benzene rings is 2. The highest BCUT2D eigenvalue weighted by Crippen LogP contribution is 2.29. The van der Waals surface area contributed by atoms with E-state index in [1.165, 1.54) is 5.56 Å². The number of hydrogen-bond acceptors (Lipinski definition) is 5. The summed E-state index contributed by atoms with van der Waals surface area (Å²) in [5, 5.41) is 11.8. The van der Waals surface area contributed by atoms with Gasteiger partial charge in [0.25, 0.3) is 0 Å². The van der Waals surface area contributed by atoms with Crippen molar-refractivity contribution in [3.05, 3.63) is 76.8 Å². The molecule has 3 aromatic rings. The quantitative estimate of drug-likeness (QED) is 0.379. The molecular formula is C28H36ClN3O3. The zero-order valence-corrected chi connectivity index (χ0v) is 21.5. The van der Waals surface area contributed by atoms with Gasteiger partial charge in [-0.2, -0.15) is 0 Å². The molecule has 2 aromatic carbocycles. The molecule has 0 saturated carbocycles. The van der Waals surface area contributed by atoms with Gasteiger partial charge in [-0.1, -0.05) is 29.8 Å². The lowest BCUT2D eigenvalue weighted by atomic mass is 9.96. The first kappa shape index (κ1) is 25.5. The number of rotatable bonds is 10. The van der Waals surface area contributed by atoms with Gasteiger partial charge >= 0.3 is 0 Å². The number of aliphatic hydroxyl groups is 1. The number of aryl methyl sites for hydroxylation is 3. The van der Waals surface area contributed by atoms with Crippen molar-refractivity contribution in [3.8, 4) is 11.5 Å². The van der Waals surface area contributed by atoms with E-state index in [4.69, 9.17) is 21.1 Å².